The SMILES string of the molecule is O=C(C1CC1)N1C[C@@H]2[C@@H](C1)c1ccccc1S2(=O)=O. The highest BCUT2D eigenvalue weighted by Crippen LogP contribution is 2.45. The van der Waals surface area contributed by atoms with E-state index in [4.69, 9.17) is 0 Å². The molecule has 1 aromatic rings. The number of carbonyl (C=O) groups excluding carboxylic acids is 1. The Kier molecular flexibility index (Phi) is 2.17. The molecule has 0 spiro atoms. The van der Waals surface area contributed by atoms with Crippen LogP contribution in [0.15, 0.2) is 29.2 Å². The van der Waals surface area contributed by atoms with Crippen molar-refractivity contribution in [1.29, 1.82) is 0 Å². The van der Waals surface area contributed by atoms with Crippen LogP contribution in [0.25, 0.3) is 0 Å². The summed E-state index contributed by atoms with van der Waals surface area (Å²) in [5.41, 5.74) is 0.901. The maximum atomic E-state index is 12.5. The lowest BCUT2D eigenvalue weighted by molar-refractivity contribution is -0.131. The van der Waals surface area contributed by atoms with Crippen LogP contribution < -0.4 is 0 Å². The lowest BCUT2D eigenvalue weighted by Gasteiger charge is -2.17. The molecule has 2 atom stereocenters. The predicted octanol–water partition coefficient (Wildman–Crippen LogP) is 1.18. The van der Waals surface area contributed by atoms with Gasteiger partial charge in [-0.15, -0.1) is 0 Å². The summed E-state index contributed by atoms with van der Waals surface area (Å²) in [6.45, 7) is 0.938. The van der Waals surface area contributed by atoms with E-state index in [1.165, 1.54) is 0 Å². The summed E-state index contributed by atoms with van der Waals surface area (Å²) < 4.78 is 25.0. The minimum Gasteiger partial charge on any atom is -0.340 e. The maximum Gasteiger partial charge on any atom is 0.225 e. The van der Waals surface area contributed by atoms with Gasteiger partial charge in [-0.1, -0.05) is 18.2 Å². The summed E-state index contributed by atoms with van der Waals surface area (Å²) in [5.74, 6) is 0.294. The van der Waals surface area contributed by atoms with Gasteiger partial charge < -0.3 is 4.90 Å². The molecule has 2 aliphatic heterocycles. The zero-order valence-corrected chi connectivity index (χ0v) is 11.3. The third-order valence-electron chi connectivity index (χ3n) is 4.53. The van der Waals surface area contributed by atoms with Crippen LogP contribution in [-0.2, 0) is 14.6 Å². The van der Waals surface area contributed by atoms with Crippen molar-refractivity contribution in [3.8, 4) is 0 Å². The van der Waals surface area contributed by atoms with Crippen molar-refractivity contribution in [2.24, 2.45) is 5.92 Å². The molecule has 0 aromatic heterocycles. The first-order chi connectivity index (χ1) is 9.09. The zero-order chi connectivity index (χ0) is 13.2. The molecule has 100 valence electrons. The molecule has 1 saturated heterocycles. The lowest BCUT2D eigenvalue weighted by Crippen LogP contribution is -2.32. The van der Waals surface area contributed by atoms with Crippen molar-refractivity contribution in [3.05, 3.63) is 29.8 Å². The average molecular weight is 277 g/mol. The maximum absolute atomic E-state index is 12.5. The van der Waals surface area contributed by atoms with Gasteiger partial charge in [-0.25, -0.2) is 8.42 Å². The summed E-state index contributed by atoms with van der Waals surface area (Å²) in [6, 6.07) is 7.23. The second-order valence-corrected chi connectivity index (χ2v) is 7.88. The van der Waals surface area contributed by atoms with Crippen molar-refractivity contribution in [1.82, 2.24) is 4.90 Å². The van der Waals surface area contributed by atoms with Gasteiger partial charge in [-0.05, 0) is 24.5 Å². The van der Waals surface area contributed by atoms with Gasteiger partial charge in [0.05, 0.1) is 10.1 Å². The number of amides is 1. The number of carbonyl (C=O) groups is 1. The van der Waals surface area contributed by atoms with Crippen LogP contribution >= 0.6 is 0 Å². The standard InChI is InChI=1S/C14H15NO3S/c16-14(9-5-6-9)15-7-11-10-3-1-2-4-12(10)19(17,18)13(11)8-15/h1-4,9,11,13H,5-8H2/t11-,13+/m0/s1. The first-order valence-corrected chi connectivity index (χ1v) is 8.25. The van der Waals surface area contributed by atoms with Crippen molar-refractivity contribution in [3.63, 3.8) is 0 Å². The molecule has 0 unspecified atom stereocenters. The Hall–Kier alpha value is -1.36. The molecule has 4 rings (SSSR count). The molecular formula is C14H15NO3S. The van der Waals surface area contributed by atoms with Gasteiger partial charge in [0.2, 0.25) is 5.91 Å². The van der Waals surface area contributed by atoms with E-state index < -0.39 is 15.1 Å². The minimum atomic E-state index is -3.25. The van der Waals surface area contributed by atoms with Gasteiger partial charge in [0.15, 0.2) is 9.84 Å². The highest BCUT2D eigenvalue weighted by atomic mass is 32.2. The van der Waals surface area contributed by atoms with E-state index in [9.17, 15) is 13.2 Å². The molecule has 1 amide bonds. The lowest BCUT2D eigenvalue weighted by atomic mass is 9.99. The van der Waals surface area contributed by atoms with Gasteiger partial charge in [0.25, 0.3) is 0 Å². The molecule has 2 fully saturated rings. The Morgan fingerprint density at radius 1 is 1.16 bits per heavy atom. The van der Waals surface area contributed by atoms with E-state index in [-0.39, 0.29) is 17.7 Å². The fourth-order valence-corrected chi connectivity index (χ4v) is 5.55. The number of sulfone groups is 1. The number of nitrogens with zero attached hydrogens (tertiary/aromatic N) is 1. The van der Waals surface area contributed by atoms with E-state index in [1.807, 2.05) is 12.1 Å². The van der Waals surface area contributed by atoms with Crippen molar-refractivity contribution < 1.29 is 13.2 Å². The van der Waals surface area contributed by atoms with Crippen LogP contribution in [0.3, 0.4) is 0 Å². The van der Waals surface area contributed by atoms with Crippen LogP contribution in [0.1, 0.15) is 24.3 Å². The van der Waals surface area contributed by atoms with Gasteiger partial charge >= 0.3 is 0 Å². The molecule has 2 heterocycles. The largest absolute Gasteiger partial charge is 0.340 e. The highest BCUT2D eigenvalue weighted by molar-refractivity contribution is 7.92. The van der Waals surface area contributed by atoms with Crippen molar-refractivity contribution >= 4 is 15.7 Å². The van der Waals surface area contributed by atoms with Crippen LogP contribution in [-0.4, -0.2) is 37.6 Å². The molecule has 19 heavy (non-hydrogen) atoms. The third-order valence-corrected chi connectivity index (χ3v) is 6.79. The second-order valence-electron chi connectivity index (χ2n) is 5.75. The Bertz CT molecular complexity index is 663. The fourth-order valence-electron chi connectivity index (χ4n) is 3.36. The molecule has 1 aliphatic carbocycles. The van der Waals surface area contributed by atoms with Gasteiger partial charge in [-0.3, -0.25) is 4.79 Å². The molecule has 1 saturated carbocycles. The topological polar surface area (TPSA) is 54.5 Å². The third kappa shape index (κ3) is 1.51. The molecule has 1 aromatic carbocycles. The Morgan fingerprint density at radius 3 is 2.63 bits per heavy atom. The molecule has 5 heteroatoms. The molecular weight excluding hydrogens is 262 g/mol. The van der Waals surface area contributed by atoms with E-state index in [1.54, 1.807) is 17.0 Å². The first kappa shape index (κ1) is 11.5. The van der Waals surface area contributed by atoms with Crippen molar-refractivity contribution in [2.75, 3.05) is 13.1 Å². The number of hydrogen-bond acceptors (Lipinski definition) is 3. The summed E-state index contributed by atoms with van der Waals surface area (Å²) in [7, 11) is -3.25. The van der Waals surface area contributed by atoms with Gasteiger partial charge in [0.1, 0.15) is 0 Å². The number of benzene rings is 1. The normalized spacial score (nSPS) is 31.1. The van der Waals surface area contributed by atoms with E-state index in [0.717, 1.165) is 18.4 Å². The second kappa shape index (κ2) is 3.60. The number of hydrogen-bond donors (Lipinski definition) is 0. The summed E-state index contributed by atoms with van der Waals surface area (Å²) >= 11 is 0. The van der Waals surface area contributed by atoms with E-state index >= 15 is 0 Å². The Morgan fingerprint density at radius 2 is 1.89 bits per heavy atom. The summed E-state index contributed by atoms with van der Waals surface area (Å²) in [5, 5.41) is -0.424. The van der Waals surface area contributed by atoms with Crippen molar-refractivity contribution in [2.45, 2.75) is 28.9 Å². The number of rotatable bonds is 1. The summed E-state index contributed by atoms with van der Waals surface area (Å²) in [6.07, 6.45) is 1.93. The molecule has 4 nitrogen and oxygen atoms in total. The minimum absolute atomic E-state index is 0.0242. The molecule has 3 aliphatic rings. The smallest absolute Gasteiger partial charge is 0.225 e. The number of likely N-dealkylation sites (tertiary alicyclic amines) is 1. The van der Waals surface area contributed by atoms with Crippen LogP contribution in [0.5, 0.6) is 0 Å². The zero-order valence-electron chi connectivity index (χ0n) is 10.5. The van der Waals surface area contributed by atoms with Crippen LogP contribution in [0.2, 0.25) is 0 Å². The monoisotopic (exact) mass is 277 g/mol. The fraction of sp³-hybridized carbons (Fsp3) is 0.500. The van der Waals surface area contributed by atoms with E-state index in [0.29, 0.717) is 18.0 Å². The number of fused-ring (bicyclic) bond motifs is 3. The molecule has 0 N–H and O–H groups in total. The van der Waals surface area contributed by atoms with Crippen LogP contribution in [0, 0.1) is 5.92 Å². The molecule has 0 radical (unpaired) electrons. The van der Waals surface area contributed by atoms with E-state index in [2.05, 4.69) is 0 Å². The van der Waals surface area contributed by atoms with Gasteiger partial charge in [0, 0.05) is 24.9 Å². The average Bonchev–Trinajstić information content (AvgIpc) is 3.11. The highest BCUT2D eigenvalue weighted by Gasteiger charge is 2.52. The Balaban J connectivity index is 1.72. The quantitative estimate of drug-likeness (QED) is 0.774. The molecule has 0 bridgehead atoms. The van der Waals surface area contributed by atoms with Gasteiger partial charge in [-0.2, -0.15) is 0 Å². The Labute approximate surface area is 112 Å². The first-order valence-electron chi connectivity index (χ1n) is 6.70. The van der Waals surface area contributed by atoms with Crippen LogP contribution in [0.4, 0.5) is 0 Å². The summed E-state index contributed by atoms with van der Waals surface area (Å²) in [4.78, 5) is 14.3. The predicted molar refractivity (Wildman–Crippen MR) is 69.5 cm³/mol.